The first-order valence-electron chi connectivity index (χ1n) is 5.11. The van der Waals surface area contributed by atoms with Crippen LogP contribution in [0, 0.1) is 0 Å². The zero-order valence-electron chi connectivity index (χ0n) is 8.96. The predicted octanol–water partition coefficient (Wildman–Crippen LogP) is 3.02. The number of benzene rings is 2. The lowest BCUT2D eigenvalue weighted by atomic mass is 9.99. The Kier molecular flexibility index (Phi) is 3.40. The zero-order chi connectivity index (χ0) is 12.3. The van der Waals surface area contributed by atoms with E-state index < -0.39 is 0 Å². The van der Waals surface area contributed by atoms with Gasteiger partial charge in [0.2, 0.25) is 0 Å². The largest absolute Gasteiger partial charge is 0.298 e. The summed E-state index contributed by atoms with van der Waals surface area (Å²) in [6.07, 6.45) is 0.689. The summed E-state index contributed by atoms with van der Waals surface area (Å²) < 4.78 is 0. The normalized spacial score (nSPS) is 9.94. The molecule has 3 heteroatoms. The van der Waals surface area contributed by atoms with Gasteiger partial charge in [0.05, 0.1) is 0 Å². The van der Waals surface area contributed by atoms with Gasteiger partial charge in [-0.3, -0.25) is 9.59 Å². The van der Waals surface area contributed by atoms with E-state index in [0.717, 1.165) is 0 Å². The first kappa shape index (κ1) is 11.6. The molecule has 0 radical (unpaired) electrons. The van der Waals surface area contributed by atoms with Gasteiger partial charge in [0.25, 0.3) is 0 Å². The van der Waals surface area contributed by atoms with Gasteiger partial charge in [-0.25, -0.2) is 0 Å². The molecule has 0 amide bonds. The Morgan fingerprint density at radius 3 is 2.18 bits per heavy atom. The molecular weight excluding hydrogens is 232 g/mol. The molecule has 0 fully saturated rings. The first-order valence-corrected chi connectivity index (χ1v) is 5.55. The summed E-state index contributed by atoms with van der Waals surface area (Å²) in [5.41, 5.74) is 1.31. The van der Waals surface area contributed by atoms with Gasteiger partial charge in [0.15, 0.2) is 12.1 Å². The highest BCUT2D eigenvalue weighted by molar-refractivity contribution is 7.80. The van der Waals surface area contributed by atoms with E-state index in [0.29, 0.717) is 27.9 Å². The van der Waals surface area contributed by atoms with Gasteiger partial charge >= 0.3 is 0 Å². The van der Waals surface area contributed by atoms with Gasteiger partial charge in [-0.2, -0.15) is 0 Å². The SMILES string of the molecule is O=Cc1ccccc1C(=O)c1ccccc1S. The number of aldehydes is 1. The molecule has 17 heavy (non-hydrogen) atoms. The molecule has 2 rings (SSSR count). The molecule has 0 aliphatic heterocycles. The molecule has 0 saturated heterocycles. The van der Waals surface area contributed by atoms with Crippen molar-refractivity contribution in [2.24, 2.45) is 0 Å². The Labute approximate surface area is 105 Å². The third kappa shape index (κ3) is 2.29. The summed E-state index contributed by atoms with van der Waals surface area (Å²) >= 11 is 4.24. The van der Waals surface area contributed by atoms with Crippen LogP contribution in [0.5, 0.6) is 0 Å². The van der Waals surface area contributed by atoms with E-state index in [1.807, 2.05) is 6.07 Å². The molecule has 0 saturated carbocycles. The van der Waals surface area contributed by atoms with Gasteiger partial charge in [0.1, 0.15) is 0 Å². The van der Waals surface area contributed by atoms with Gasteiger partial charge < -0.3 is 0 Å². The number of rotatable bonds is 3. The minimum atomic E-state index is -0.182. The van der Waals surface area contributed by atoms with Crippen molar-refractivity contribution in [3.8, 4) is 0 Å². The van der Waals surface area contributed by atoms with Gasteiger partial charge in [-0.05, 0) is 12.1 Å². The number of carbonyl (C=O) groups excluding carboxylic acids is 2. The molecule has 84 valence electrons. The van der Waals surface area contributed by atoms with Crippen LogP contribution in [0.1, 0.15) is 26.3 Å². The number of hydrogen-bond acceptors (Lipinski definition) is 3. The Morgan fingerprint density at radius 2 is 1.53 bits per heavy atom. The molecule has 0 heterocycles. The van der Waals surface area contributed by atoms with Gasteiger partial charge in [-0.1, -0.05) is 36.4 Å². The Hall–Kier alpha value is -1.87. The molecule has 2 nitrogen and oxygen atoms in total. The lowest BCUT2D eigenvalue weighted by Gasteiger charge is -2.05. The van der Waals surface area contributed by atoms with Crippen LogP contribution in [0.4, 0.5) is 0 Å². The van der Waals surface area contributed by atoms with Crippen LogP contribution in [-0.4, -0.2) is 12.1 Å². The second kappa shape index (κ2) is 4.97. The molecular formula is C14H10O2S. The molecule has 0 aliphatic carbocycles. The molecule has 0 N–H and O–H groups in total. The molecule has 0 bridgehead atoms. The summed E-state index contributed by atoms with van der Waals surface area (Å²) in [6.45, 7) is 0. The average Bonchev–Trinajstić information content (AvgIpc) is 2.38. The average molecular weight is 242 g/mol. The predicted molar refractivity (Wildman–Crippen MR) is 69.0 cm³/mol. The fourth-order valence-corrected chi connectivity index (χ4v) is 1.88. The molecule has 0 aliphatic rings. The van der Waals surface area contributed by atoms with E-state index in [9.17, 15) is 9.59 Å². The smallest absolute Gasteiger partial charge is 0.194 e. The maximum absolute atomic E-state index is 12.2. The number of hydrogen-bond donors (Lipinski definition) is 1. The molecule has 0 atom stereocenters. The molecule has 2 aromatic carbocycles. The Balaban J connectivity index is 2.51. The van der Waals surface area contributed by atoms with Crippen molar-refractivity contribution in [1.29, 1.82) is 0 Å². The van der Waals surface area contributed by atoms with Gasteiger partial charge in [0, 0.05) is 21.6 Å². The monoisotopic (exact) mass is 242 g/mol. The summed E-state index contributed by atoms with van der Waals surface area (Å²) in [7, 11) is 0. The highest BCUT2D eigenvalue weighted by atomic mass is 32.1. The van der Waals surface area contributed by atoms with E-state index in [1.54, 1.807) is 42.5 Å². The van der Waals surface area contributed by atoms with Crippen molar-refractivity contribution in [1.82, 2.24) is 0 Å². The van der Waals surface area contributed by atoms with E-state index in [2.05, 4.69) is 12.6 Å². The van der Waals surface area contributed by atoms with Crippen molar-refractivity contribution in [2.75, 3.05) is 0 Å². The van der Waals surface area contributed by atoms with Crippen molar-refractivity contribution < 1.29 is 9.59 Å². The van der Waals surface area contributed by atoms with Crippen LogP contribution in [0.3, 0.4) is 0 Å². The van der Waals surface area contributed by atoms with Crippen molar-refractivity contribution in [3.05, 3.63) is 65.2 Å². The summed E-state index contributed by atoms with van der Waals surface area (Å²) in [4.78, 5) is 23.7. The fourth-order valence-electron chi connectivity index (χ4n) is 1.62. The van der Waals surface area contributed by atoms with E-state index in [4.69, 9.17) is 0 Å². The Morgan fingerprint density at radius 1 is 0.941 bits per heavy atom. The van der Waals surface area contributed by atoms with Crippen LogP contribution in [0.25, 0.3) is 0 Å². The summed E-state index contributed by atoms with van der Waals surface area (Å²) in [5, 5.41) is 0. The van der Waals surface area contributed by atoms with E-state index in [-0.39, 0.29) is 5.78 Å². The lowest BCUT2D eigenvalue weighted by Crippen LogP contribution is -2.05. The molecule has 0 unspecified atom stereocenters. The maximum Gasteiger partial charge on any atom is 0.194 e. The minimum Gasteiger partial charge on any atom is -0.298 e. The number of ketones is 1. The topological polar surface area (TPSA) is 34.1 Å². The van der Waals surface area contributed by atoms with Crippen LogP contribution in [-0.2, 0) is 0 Å². The lowest BCUT2D eigenvalue weighted by molar-refractivity contribution is 0.102. The second-order valence-corrected chi connectivity index (χ2v) is 4.03. The third-order valence-corrected chi connectivity index (χ3v) is 2.87. The number of thiol groups is 1. The van der Waals surface area contributed by atoms with Crippen molar-refractivity contribution in [3.63, 3.8) is 0 Å². The Bertz CT molecular complexity index is 576. The second-order valence-electron chi connectivity index (χ2n) is 3.55. The summed E-state index contributed by atoms with van der Waals surface area (Å²) in [5.74, 6) is -0.182. The summed E-state index contributed by atoms with van der Waals surface area (Å²) in [6, 6.07) is 13.8. The zero-order valence-corrected chi connectivity index (χ0v) is 9.85. The standard InChI is InChI=1S/C14H10O2S/c15-9-10-5-1-2-6-11(10)14(16)12-7-3-4-8-13(12)17/h1-9,17H. The van der Waals surface area contributed by atoms with Crippen LogP contribution in [0.2, 0.25) is 0 Å². The van der Waals surface area contributed by atoms with Crippen molar-refractivity contribution in [2.45, 2.75) is 4.90 Å². The number of carbonyl (C=O) groups is 2. The highest BCUT2D eigenvalue weighted by Gasteiger charge is 2.14. The quantitative estimate of drug-likeness (QED) is 0.510. The van der Waals surface area contributed by atoms with Crippen LogP contribution in [0.15, 0.2) is 53.4 Å². The molecule has 0 spiro atoms. The highest BCUT2D eigenvalue weighted by Crippen LogP contribution is 2.19. The molecule has 0 aromatic heterocycles. The fraction of sp³-hybridized carbons (Fsp3) is 0. The van der Waals surface area contributed by atoms with Crippen molar-refractivity contribution >= 4 is 24.7 Å². The van der Waals surface area contributed by atoms with Crippen LogP contribution < -0.4 is 0 Å². The third-order valence-electron chi connectivity index (χ3n) is 2.48. The van der Waals surface area contributed by atoms with Crippen LogP contribution >= 0.6 is 12.6 Å². The first-order chi connectivity index (χ1) is 8.24. The van der Waals surface area contributed by atoms with Gasteiger partial charge in [-0.15, -0.1) is 12.6 Å². The maximum atomic E-state index is 12.2. The minimum absolute atomic E-state index is 0.182. The van der Waals surface area contributed by atoms with E-state index in [1.165, 1.54) is 0 Å². The molecule has 2 aromatic rings. The van der Waals surface area contributed by atoms with E-state index >= 15 is 0 Å².